The molecule has 0 saturated carbocycles. The molecule has 2 aliphatic rings. The van der Waals surface area contributed by atoms with Crippen LogP contribution in [0, 0.1) is 5.82 Å². The van der Waals surface area contributed by atoms with Crippen molar-refractivity contribution in [2.45, 2.75) is 23.8 Å². The van der Waals surface area contributed by atoms with Gasteiger partial charge >= 0.3 is 0 Å². The first-order chi connectivity index (χ1) is 17.6. The Morgan fingerprint density at radius 3 is 2.45 bits per heavy atom. The molecule has 10 nitrogen and oxygen atoms in total. The van der Waals surface area contributed by atoms with Gasteiger partial charge in [0.25, 0.3) is 5.91 Å². The van der Waals surface area contributed by atoms with Crippen LogP contribution in [0.1, 0.15) is 22.5 Å². The van der Waals surface area contributed by atoms with E-state index in [1.807, 2.05) is 11.9 Å². The Labute approximate surface area is 235 Å². The lowest BCUT2D eigenvalue weighted by molar-refractivity contribution is -0.134. The first-order valence-electron chi connectivity index (χ1n) is 11.7. The van der Waals surface area contributed by atoms with E-state index in [9.17, 15) is 22.8 Å². The number of piperazine rings is 1. The van der Waals surface area contributed by atoms with Crippen LogP contribution in [0.5, 0.6) is 0 Å². The van der Waals surface area contributed by atoms with Crippen molar-refractivity contribution < 1.29 is 27.2 Å². The number of carbonyl (C=O) groups is 3. The first kappa shape index (κ1) is 30.3. The number of hydrogen-bond acceptors (Lipinski definition) is 7. The van der Waals surface area contributed by atoms with Gasteiger partial charge in [0.1, 0.15) is 10.9 Å². The van der Waals surface area contributed by atoms with Crippen LogP contribution in [-0.2, 0) is 19.6 Å². The lowest BCUT2D eigenvalue weighted by Crippen LogP contribution is -2.57. The van der Waals surface area contributed by atoms with Gasteiger partial charge in [-0.1, -0.05) is 17.7 Å². The van der Waals surface area contributed by atoms with Crippen LogP contribution >= 0.6 is 35.3 Å². The van der Waals surface area contributed by atoms with Crippen molar-refractivity contribution in [2.75, 3.05) is 51.2 Å². The maximum Gasteiger partial charge on any atom is 0.261 e. The largest absolute Gasteiger partial charge is 0.349 e. The van der Waals surface area contributed by atoms with Crippen LogP contribution in [-0.4, -0.2) is 88.3 Å². The predicted octanol–water partition coefficient (Wildman–Crippen LogP) is 1.94. The Morgan fingerprint density at radius 1 is 1.13 bits per heavy atom. The molecule has 2 N–H and O–H groups in total. The summed E-state index contributed by atoms with van der Waals surface area (Å²) in [5.74, 6) is -2.42. The van der Waals surface area contributed by atoms with Gasteiger partial charge in [-0.2, -0.15) is 4.72 Å². The van der Waals surface area contributed by atoms with E-state index < -0.39 is 38.6 Å². The smallest absolute Gasteiger partial charge is 0.261 e. The van der Waals surface area contributed by atoms with Crippen molar-refractivity contribution in [1.82, 2.24) is 19.8 Å². The molecule has 2 fully saturated rings. The molecule has 208 valence electrons. The highest BCUT2D eigenvalue weighted by molar-refractivity contribution is 7.89. The Kier molecular flexibility index (Phi) is 10.1. The average molecular weight is 609 g/mol. The fraction of sp³-hybridized carbons (Fsp3) is 0.435. The molecule has 0 radical (unpaired) electrons. The van der Waals surface area contributed by atoms with E-state index in [1.54, 1.807) is 6.07 Å². The number of carbonyl (C=O) groups excluding carboxylic acids is 3. The zero-order valence-corrected chi connectivity index (χ0v) is 23.7. The fourth-order valence-electron chi connectivity index (χ4n) is 4.21. The lowest BCUT2D eigenvalue weighted by atomic mass is 10.2. The van der Waals surface area contributed by atoms with E-state index in [-0.39, 0.29) is 43.5 Å². The van der Waals surface area contributed by atoms with E-state index >= 15 is 4.39 Å². The fourth-order valence-corrected chi connectivity index (χ4v) is 6.46. The number of thiophene rings is 1. The van der Waals surface area contributed by atoms with E-state index in [2.05, 4.69) is 10.0 Å². The molecular formula is C23H28Cl2FN5O5S2. The lowest BCUT2D eigenvalue weighted by Gasteiger charge is -2.34. The zero-order chi connectivity index (χ0) is 26.7. The molecule has 3 heterocycles. The van der Waals surface area contributed by atoms with Crippen molar-refractivity contribution in [3.05, 3.63) is 45.4 Å². The van der Waals surface area contributed by atoms with Gasteiger partial charge in [0, 0.05) is 45.7 Å². The highest BCUT2D eigenvalue weighted by Gasteiger charge is 2.34. The van der Waals surface area contributed by atoms with Gasteiger partial charge in [-0.05, 0) is 37.7 Å². The van der Waals surface area contributed by atoms with Crippen molar-refractivity contribution in [3.63, 3.8) is 0 Å². The van der Waals surface area contributed by atoms with Gasteiger partial charge in [-0.3, -0.25) is 14.4 Å². The van der Waals surface area contributed by atoms with Gasteiger partial charge < -0.3 is 20.0 Å². The predicted molar refractivity (Wildman–Crippen MR) is 145 cm³/mol. The topological polar surface area (TPSA) is 119 Å². The molecule has 2 aromatic rings. The quantitative estimate of drug-likeness (QED) is 0.473. The number of nitrogens with one attached hydrogen (secondary N) is 2. The second-order valence-corrected chi connectivity index (χ2v) is 12.3. The van der Waals surface area contributed by atoms with Crippen LogP contribution < -0.4 is 14.9 Å². The maximum atomic E-state index is 15.4. The minimum atomic E-state index is -4.55. The normalized spacial score (nSPS) is 17.3. The van der Waals surface area contributed by atoms with Crippen LogP contribution in [0.2, 0.25) is 4.34 Å². The van der Waals surface area contributed by atoms with Gasteiger partial charge in [0.05, 0.1) is 14.9 Å². The summed E-state index contributed by atoms with van der Waals surface area (Å²) in [6, 6.07) is 5.45. The number of nitrogens with zero attached hydrogens (tertiary/aromatic N) is 3. The van der Waals surface area contributed by atoms with Crippen LogP contribution in [0.3, 0.4) is 0 Å². The molecule has 0 spiro atoms. The zero-order valence-electron chi connectivity index (χ0n) is 20.5. The number of benzene rings is 1. The minimum absolute atomic E-state index is 0. The van der Waals surface area contributed by atoms with Gasteiger partial charge in [0.2, 0.25) is 21.8 Å². The number of likely N-dealkylation sites (N-methyl/N-ethyl adjacent to an activating group) is 1. The summed E-state index contributed by atoms with van der Waals surface area (Å²) in [4.78, 5) is 42.4. The van der Waals surface area contributed by atoms with Crippen molar-refractivity contribution in [2.24, 2.45) is 0 Å². The van der Waals surface area contributed by atoms with Crippen LogP contribution in [0.25, 0.3) is 0 Å². The summed E-state index contributed by atoms with van der Waals surface area (Å²) in [5, 5.41) is 2.57. The van der Waals surface area contributed by atoms with Crippen LogP contribution in [0.15, 0.2) is 35.2 Å². The molecule has 4 rings (SSSR count). The highest BCUT2D eigenvalue weighted by Crippen LogP contribution is 2.29. The third-order valence-electron chi connectivity index (χ3n) is 6.27. The molecule has 2 aliphatic heterocycles. The third-order valence-corrected chi connectivity index (χ3v) is 8.99. The summed E-state index contributed by atoms with van der Waals surface area (Å²) in [6.07, 6.45) is 0.801. The molecule has 1 aromatic carbocycles. The van der Waals surface area contributed by atoms with E-state index in [4.69, 9.17) is 11.6 Å². The number of anilines is 1. The molecule has 2 saturated heterocycles. The number of amides is 3. The number of halogens is 3. The molecule has 0 aliphatic carbocycles. The summed E-state index contributed by atoms with van der Waals surface area (Å²) in [7, 11) is -2.64. The van der Waals surface area contributed by atoms with E-state index in [0.29, 0.717) is 41.8 Å². The third kappa shape index (κ3) is 6.82. The molecule has 0 unspecified atom stereocenters. The summed E-state index contributed by atoms with van der Waals surface area (Å²) in [6.45, 7) is 1.89. The molecule has 0 bridgehead atoms. The highest BCUT2D eigenvalue weighted by atomic mass is 35.5. The number of sulfonamides is 1. The molecule has 3 amide bonds. The number of hydrogen-bond donors (Lipinski definition) is 2. The van der Waals surface area contributed by atoms with Gasteiger partial charge in [-0.25, -0.2) is 12.8 Å². The van der Waals surface area contributed by atoms with Crippen molar-refractivity contribution in [1.29, 1.82) is 0 Å². The molecule has 1 aromatic heterocycles. The monoisotopic (exact) mass is 607 g/mol. The second kappa shape index (κ2) is 12.7. The van der Waals surface area contributed by atoms with Crippen molar-refractivity contribution >= 4 is 68.8 Å². The molecular weight excluding hydrogens is 580 g/mol. The average Bonchev–Trinajstić information content (AvgIpc) is 3.49. The van der Waals surface area contributed by atoms with Gasteiger partial charge in [0.15, 0.2) is 5.82 Å². The van der Waals surface area contributed by atoms with Crippen LogP contribution in [0.4, 0.5) is 10.1 Å². The molecule has 38 heavy (non-hydrogen) atoms. The van der Waals surface area contributed by atoms with Crippen molar-refractivity contribution in [3.8, 4) is 0 Å². The SMILES string of the molecule is CN1CCN(C(=O)[C@H](CNC(=O)c2ccc(Cl)s2)NS(=O)(=O)c2cccc(N3CCCC3=O)c2F)CC1.Cl. The Bertz CT molecular complexity index is 1300. The Morgan fingerprint density at radius 2 is 1.84 bits per heavy atom. The standard InChI is InChI=1S/C23H27ClFN5O5S2.ClH/c1-28-10-12-29(13-11-28)23(33)15(14-26-22(32)17-7-8-19(24)36-17)27-37(34,35)18-5-2-4-16(21(18)25)30-9-3-6-20(30)31;/h2,4-5,7-8,15,27H,3,6,9-14H2,1H3,(H,26,32);1H/t15-;/m0./s1. The summed E-state index contributed by atoms with van der Waals surface area (Å²) in [5.41, 5.74) is -0.129. The Hall–Kier alpha value is -2.29. The first-order valence-corrected chi connectivity index (χ1v) is 14.4. The summed E-state index contributed by atoms with van der Waals surface area (Å²) < 4.78 is 44.7. The van der Waals surface area contributed by atoms with Gasteiger partial charge in [-0.15, -0.1) is 23.7 Å². The second-order valence-electron chi connectivity index (χ2n) is 8.85. The van der Waals surface area contributed by atoms with E-state index in [1.165, 1.54) is 28.0 Å². The summed E-state index contributed by atoms with van der Waals surface area (Å²) >= 11 is 6.93. The minimum Gasteiger partial charge on any atom is -0.349 e. The molecule has 1 atom stereocenters. The maximum absolute atomic E-state index is 15.4. The Balaban J connectivity index is 0.00000400. The number of rotatable bonds is 8. The van der Waals surface area contributed by atoms with E-state index in [0.717, 1.165) is 17.4 Å². The molecule has 15 heteroatoms.